The third-order valence-corrected chi connectivity index (χ3v) is 5.99. The van der Waals surface area contributed by atoms with E-state index in [4.69, 9.17) is 9.15 Å². The minimum Gasteiger partial charge on any atom is -0.438 e. The van der Waals surface area contributed by atoms with Gasteiger partial charge < -0.3 is 9.15 Å². The molecule has 0 bridgehead atoms. The van der Waals surface area contributed by atoms with Gasteiger partial charge in [-0.1, -0.05) is 0 Å². The molecular weight excluding hydrogens is 448 g/mol. The third-order valence-electron chi connectivity index (χ3n) is 4.61. The fraction of sp³-hybridized carbons (Fsp3) is 0.0476. The maximum absolute atomic E-state index is 12.7. The van der Waals surface area contributed by atoms with Gasteiger partial charge in [0, 0.05) is 18.0 Å². The lowest BCUT2D eigenvalue weighted by Gasteiger charge is -2.09. The first-order valence-electron chi connectivity index (χ1n) is 9.66. The first kappa shape index (κ1) is 20.5. The van der Waals surface area contributed by atoms with Crippen LogP contribution in [0.2, 0.25) is 0 Å². The number of aromatic amines is 1. The van der Waals surface area contributed by atoms with E-state index in [1.807, 2.05) is 13.0 Å². The summed E-state index contributed by atoms with van der Waals surface area (Å²) < 4.78 is 40.0. The summed E-state index contributed by atoms with van der Waals surface area (Å²) in [5.41, 5.74) is 1.76. The SMILES string of the molecule is Cc1ccn(-c2ccc(Oc3ccc(NS(=O)(=O)c4ccc5oc(=O)[nH]c5c4)cc3)nn2)n1. The number of aryl methyl sites for hydroxylation is 1. The van der Waals surface area contributed by atoms with E-state index in [2.05, 4.69) is 25.0 Å². The molecule has 0 saturated carbocycles. The van der Waals surface area contributed by atoms with Crippen LogP contribution in [0, 0.1) is 6.92 Å². The summed E-state index contributed by atoms with van der Waals surface area (Å²) in [6, 6.07) is 15.6. The molecule has 2 N–H and O–H groups in total. The second kappa shape index (κ2) is 7.91. The Morgan fingerprint density at radius 2 is 1.85 bits per heavy atom. The Morgan fingerprint density at radius 1 is 1.03 bits per heavy atom. The lowest BCUT2D eigenvalue weighted by atomic mass is 10.3. The molecule has 11 nitrogen and oxygen atoms in total. The quantitative estimate of drug-likeness (QED) is 0.390. The number of ether oxygens (including phenoxy) is 1. The zero-order valence-electron chi connectivity index (χ0n) is 17.1. The van der Waals surface area contributed by atoms with E-state index in [-0.39, 0.29) is 16.4 Å². The van der Waals surface area contributed by atoms with Gasteiger partial charge in [0.2, 0.25) is 5.88 Å². The van der Waals surface area contributed by atoms with E-state index in [0.717, 1.165) is 5.69 Å². The predicted octanol–water partition coefficient (Wildman–Crippen LogP) is 3.00. The number of oxazole rings is 1. The van der Waals surface area contributed by atoms with Gasteiger partial charge >= 0.3 is 5.76 Å². The second-order valence-corrected chi connectivity index (χ2v) is 8.72. The minimum atomic E-state index is -3.88. The van der Waals surface area contributed by atoms with Gasteiger partial charge in [-0.3, -0.25) is 9.71 Å². The Balaban J connectivity index is 1.28. The number of anilines is 1. The van der Waals surface area contributed by atoms with Crippen molar-refractivity contribution in [2.45, 2.75) is 11.8 Å². The summed E-state index contributed by atoms with van der Waals surface area (Å²) in [6.07, 6.45) is 1.78. The van der Waals surface area contributed by atoms with Crippen molar-refractivity contribution in [3.63, 3.8) is 0 Å². The zero-order chi connectivity index (χ0) is 23.0. The molecule has 3 aromatic heterocycles. The highest BCUT2D eigenvalue weighted by Crippen LogP contribution is 2.24. The first-order valence-corrected chi connectivity index (χ1v) is 11.1. The lowest BCUT2D eigenvalue weighted by molar-refractivity contribution is 0.454. The zero-order valence-corrected chi connectivity index (χ0v) is 17.9. The number of nitrogens with zero attached hydrogens (tertiary/aromatic N) is 4. The predicted molar refractivity (Wildman–Crippen MR) is 118 cm³/mol. The fourth-order valence-electron chi connectivity index (χ4n) is 3.06. The molecule has 2 aromatic carbocycles. The standard InChI is InChI=1S/C21H16N6O5S/c1-13-10-11-27(25-13)19-8-9-20(24-23-19)31-15-4-2-14(3-5-15)26-33(29,30)16-6-7-18-17(12-16)22-21(28)32-18/h2-12,26H,1H3,(H,22,28). The number of sulfonamides is 1. The second-order valence-electron chi connectivity index (χ2n) is 7.04. The topological polar surface area (TPSA) is 145 Å². The number of rotatable bonds is 6. The molecule has 0 spiro atoms. The minimum absolute atomic E-state index is 0.0184. The van der Waals surface area contributed by atoms with Crippen molar-refractivity contribution in [1.29, 1.82) is 0 Å². The van der Waals surface area contributed by atoms with Crippen LogP contribution in [0.4, 0.5) is 5.69 Å². The number of aromatic nitrogens is 5. The van der Waals surface area contributed by atoms with E-state index < -0.39 is 15.8 Å². The molecule has 3 heterocycles. The molecule has 0 atom stereocenters. The molecule has 0 amide bonds. The molecule has 33 heavy (non-hydrogen) atoms. The number of hydrogen-bond acceptors (Lipinski definition) is 8. The van der Waals surface area contributed by atoms with E-state index in [1.54, 1.807) is 47.3 Å². The van der Waals surface area contributed by atoms with Crippen molar-refractivity contribution < 1.29 is 17.6 Å². The molecule has 0 aliphatic rings. The van der Waals surface area contributed by atoms with Crippen LogP contribution in [0.1, 0.15) is 5.69 Å². The maximum Gasteiger partial charge on any atom is 0.417 e. The fourth-order valence-corrected chi connectivity index (χ4v) is 4.14. The van der Waals surface area contributed by atoms with Crippen molar-refractivity contribution in [2.24, 2.45) is 0 Å². The molecule has 166 valence electrons. The molecule has 0 aliphatic heterocycles. The Morgan fingerprint density at radius 3 is 2.55 bits per heavy atom. The molecule has 0 unspecified atom stereocenters. The molecule has 0 aliphatic carbocycles. The average Bonchev–Trinajstić information content (AvgIpc) is 3.39. The van der Waals surface area contributed by atoms with Crippen molar-refractivity contribution in [1.82, 2.24) is 25.0 Å². The summed E-state index contributed by atoms with van der Waals surface area (Å²) in [4.78, 5) is 13.7. The van der Waals surface area contributed by atoms with Crippen LogP contribution in [0.3, 0.4) is 0 Å². The van der Waals surface area contributed by atoms with Crippen molar-refractivity contribution in [3.8, 4) is 17.4 Å². The Kier molecular flexibility index (Phi) is 4.90. The van der Waals surface area contributed by atoms with Crippen LogP contribution >= 0.6 is 0 Å². The summed E-state index contributed by atoms with van der Waals surface area (Å²) >= 11 is 0. The van der Waals surface area contributed by atoms with Crippen molar-refractivity contribution >= 4 is 26.8 Å². The Labute approximate surface area is 186 Å². The lowest BCUT2D eigenvalue weighted by Crippen LogP contribution is -2.12. The van der Waals surface area contributed by atoms with Crippen LogP contribution in [-0.4, -0.2) is 33.4 Å². The molecule has 12 heteroatoms. The molecule has 5 aromatic rings. The van der Waals surface area contributed by atoms with Crippen LogP contribution in [-0.2, 0) is 10.0 Å². The van der Waals surface area contributed by atoms with Gasteiger partial charge in [0.05, 0.1) is 16.1 Å². The van der Waals surface area contributed by atoms with Crippen LogP contribution in [0.5, 0.6) is 11.6 Å². The summed E-state index contributed by atoms with van der Waals surface area (Å²) in [7, 11) is -3.88. The van der Waals surface area contributed by atoms with Crippen LogP contribution in [0.15, 0.2) is 81.0 Å². The van der Waals surface area contributed by atoms with Gasteiger partial charge in [-0.25, -0.2) is 17.9 Å². The monoisotopic (exact) mass is 464 g/mol. The number of fused-ring (bicyclic) bond motifs is 1. The smallest absolute Gasteiger partial charge is 0.417 e. The van der Waals surface area contributed by atoms with Gasteiger partial charge in [-0.2, -0.15) is 5.10 Å². The highest BCUT2D eigenvalue weighted by Gasteiger charge is 2.16. The average molecular weight is 464 g/mol. The van der Waals surface area contributed by atoms with Gasteiger partial charge in [-0.05, 0) is 61.5 Å². The van der Waals surface area contributed by atoms with Gasteiger partial charge in [0.25, 0.3) is 10.0 Å². The Hall–Kier alpha value is -4.45. The first-order chi connectivity index (χ1) is 15.9. The molecule has 0 saturated heterocycles. The van der Waals surface area contributed by atoms with Crippen LogP contribution in [0.25, 0.3) is 16.9 Å². The third kappa shape index (κ3) is 4.32. The van der Waals surface area contributed by atoms with Crippen LogP contribution < -0.4 is 15.2 Å². The Bertz CT molecular complexity index is 1600. The van der Waals surface area contributed by atoms with E-state index in [9.17, 15) is 13.2 Å². The normalized spacial score (nSPS) is 11.5. The van der Waals surface area contributed by atoms with E-state index in [1.165, 1.54) is 18.2 Å². The van der Waals surface area contributed by atoms with E-state index >= 15 is 0 Å². The summed E-state index contributed by atoms with van der Waals surface area (Å²) in [5.74, 6) is 0.627. The largest absolute Gasteiger partial charge is 0.438 e. The van der Waals surface area contributed by atoms with Crippen molar-refractivity contribution in [3.05, 3.63) is 83.1 Å². The molecule has 0 fully saturated rings. The summed E-state index contributed by atoms with van der Waals surface area (Å²) in [6.45, 7) is 1.88. The summed E-state index contributed by atoms with van der Waals surface area (Å²) in [5, 5.41) is 12.4. The number of nitrogens with one attached hydrogen (secondary N) is 2. The molecular formula is C21H16N6O5S. The highest BCUT2D eigenvalue weighted by molar-refractivity contribution is 7.92. The number of hydrogen-bond donors (Lipinski definition) is 2. The van der Waals surface area contributed by atoms with Gasteiger partial charge in [0.1, 0.15) is 5.75 Å². The van der Waals surface area contributed by atoms with Crippen molar-refractivity contribution in [2.75, 3.05) is 4.72 Å². The van der Waals surface area contributed by atoms with E-state index in [0.29, 0.717) is 22.8 Å². The number of H-pyrrole nitrogens is 1. The van der Waals surface area contributed by atoms with Gasteiger partial charge in [-0.15, -0.1) is 10.2 Å². The molecule has 0 radical (unpaired) electrons. The maximum atomic E-state index is 12.7. The number of benzene rings is 2. The van der Waals surface area contributed by atoms with Gasteiger partial charge in [0.15, 0.2) is 11.4 Å². The highest BCUT2D eigenvalue weighted by atomic mass is 32.2. The molecule has 5 rings (SSSR count).